The molecular weight excluding hydrogens is 210 g/mol. The first-order valence-corrected chi connectivity index (χ1v) is 6.47. The average Bonchev–Trinajstić information content (AvgIpc) is 2.88. The molecule has 0 amide bonds. The van der Waals surface area contributed by atoms with Gasteiger partial charge in [0.05, 0.1) is 13.2 Å². The summed E-state index contributed by atoms with van der Waals surface area (Å²) in [7, 11) is 0. The van der Waals surface area contributed by atoms with Crippen LogP contribution in [0, 0.1) is 0 Å². The summed E-state index contributed by atoms with van der Waals surface area (Å²) in [5.74, 6) is 0. The van der Waals surface area contributed by atoms with Gasteiger partial charge in [-0.1, -0.05) is 42.5 Å². The van der Waals surface area contributed by atoms with Gasteiger partial charge in [0.25, 0.3) is 0 Å². The molecule has 0 bridgehead atoms. The van der Waals surface area contributed by atoms with Gasteiger partial charge in [-0.15, -0.1) is 0 Å². The number of hydrogen-bond donors (Lipinski definition) is 0. The Bertz CT molecular complexity index is 328. The van der Waals surface area contributed by atoms with Crippen LogP contribution >= 0.6 is 0 Å². The van der Waals surface area contributed by atoms with Gasteiger partial charge in [0, 0.05) is 6.54 Å². The van der Waals surface area contributed by atoms with Gasteiger partial charge in [-0.25, -0.2) is 0 Å². The quantitative estimate of drug-likeness (QED) is 0.698. The molecule has 0 N–H and O–H groups in total. The minimum absolute atomic E-state index is 0.711. The first-order chi connectivity index (χ1) is 8.45. The number of benzene rings is 1. The molecule has 92 valence electrons. The van der Waals surface area contributed by atoms with E-state index in [1.54, 1.807) is 0 Å². The second-order valence-electron chi connectivity index (χ2n) is 4.44. The lowest BCUT2D eigenvalue weighted by Gasteiger charge is -2.13. The summed E-state index contributed by atoms with van der Waals surface area (Å²) < 4.78 is 5.59. The Hall–Kier alpha value is -1.12. The van der Waals surface area contributed by atoms with Gasteiger partial charge in [0.1, 0.15) is 0 Å². The minimum atomic E-state index is 0.711. The highest BCUT2D eigenvalue weighted by atomic mass is 16.5. The lowest BCUT2D eigenvalue weighted by molar-refractivity contribution is 0.134. The van der Waals surface area contributed by atoms with Gasteiger partial charge in [-0.05, 0) is 31.5 Å². The second-order valence-corrected chi connectivity index (χ2v) is 4.44. The van der Waals surface area contributed by atoms with Gasteiger partial charge < -0.3 is 9.64 Å². The zero-order valence-corrected chi connectivity index (χ0v) is 10.3. The summed E-state index contributed by atoms with van der Waals surface area (Å²) in [5, 5.41) is 0. The maximum atomic E-state index is 5.59. The van der Waals surface area contributed by atoms with Crippen molar-refractivity contribution in [2.75, 3.05) is 32.8 Å². The second kappa shape index (κ2) is 7.25. The molecule has 1 aromatic rings. The Labute approximate surface area is 104 Å². The number of rotatable bonds is 6. The average molecular weight is 231 g/mol. The van der Waals surface area contributed by atoms with E-state index in [1.807, 2.05) is 18.2 Å². The topological polar surface area (TPSA) is 12.5 Å². The Morgan fingerprint density at radius 1 is 1.12 bits per heavy atom. The van der Waals surface area contributed by atoms with Crippen LogP contribution < -0.4 is 0 Å². The van der Waals surface area contributed by atoms with E-state index in [1.165, 1.54) is 31.5 Å². The molecule has 2 nitrogen and oxygen atoms in total. The van der Waals surface area contributed by atoms with Crippen molar-refractivity contribution < 1.29 is 4.74 Å². The maximum Gasteiger partial charge on any atom is 0.0651 e. The molecule has 0 atom stereocenters. The Morgan fingerprint density at radius 3 is 2.65 bits per heavy atom. The molecule has 1 aliphatic heterocycles. The SMILES string of the molecule is C(=C\c1ccccc1)/COCCN1CCCC1. The van der Waals surface area contributed by atoms with Gasteiger partial charge in [-0.2, -0.15) is 0 Å². The molecule has 1 aromatic carbocycles. The van der Waals surface area contributed by atoms with Gasteiger partial charge in [0.2, 0.25) is 0 Å². The Balaban J connectivity index is 1.55. The van der Waals surface area contributed by atoms with Crippen LogP contribution in [0.15, 0.2) is 36.4 Å². The van der Waals surface area contributed by atoms with E-state index < -0.39 is 0 Å². The van der Waals surface area contributed by atoms with Crippen LogP contribution in [0.5, 0.6) is 0 Å². The normalized spacial score (nSPS) is 16.9. The van der Waals surface area contributed by atoms with E-state index in [9.17, 15) is 0 Å². The van der Waals surface area contributed by atoms with Crippen molar-refractivity contribution in [3.05, 3.63) is 42.0 Å². The fourth-order valence-electron chi connectivity index (χ4n) is 2.10. The van der Waals surface area contributed by atoms with Gasteiger partial charge in [-0.3, -0.25) is 0 Å². The molecule has 0 aliphatic carbocycles. The van der Waals surface area contributed by atoms with Crippen molar-refractivity contribution in [1.82, 2.24) is 4.90 Å². The molecule has 0 aromatic heterocycles. The van der Waals surface area contributed by atoms with Crippen LogP contribution in [0.2, 0.25) is 0 Å². The van der Waals surface area contributed by atoms with Gasteiger partial charge >= 0.3 is 0 Å². The largest absolute Gasteiger partial charge is 0.376 e. The number of likely N-dealkylation sites (tertiary alicyclic amines) is 1. The van der Waals surface area contributed by atoms with E-state index in [4.69, 9.17) is 4.74 Å². The molecule has 17 heavy (non-hydrogen) atoms. The van der Waals surface area contributed by atoms with Gasteiger partial charge in [0.15, 0.2) is 0 Å². The molecule has 2 rings (SSSR count). The molecule has 1 fully saturated rings. The number of hydrogen-bond acceptors (Lipinski definition) is 2. The lowest BCUT2D eigenvalue weighted by Crippen LogP contribution is -2.23. The fourth-order valence-corrected chi connectivity index (χ4v) is 2.10. The molecule has 0 saturated carbocycles. The summed E-state index contributed by atoms with van der Waals surface area (Å²) in [5.41, 5.74) is 1.23. The van der Waals surface area contributed by atoms with Crippen LogP contribution in [0.25, 0.3) is 6.08 Å². The Kier molecular flexibility index (Phi) is 5.27. The molecule has 0 spiro atoms. The molecule has 0 unspecified atom stereocenters. The van der Waals surface area contributed by atoms with Crippen molar-refractivity contribution in [2.24, 2.45) is 0 Å². The summed E-state index contributed by atoms with van der Waals surface area (Å²) in [6.07, 6.45) is 6.90. The number of ether oxygens (including phenoxy) is 1. The lowest BCUT2D eigenvalue weighted by atomic mass is 10.2. The van der Waals surface area contributed by atoms with Crippen LogP contribution in [-0.4, -0.2) is 37.7 Å². The zero-order valence-electron chi connectivity index (χ0n) is 10.3. The highest BCUT2D eigenvalue weighted by Gasteiger charge is 2.09. The fraction of sp³-hybridized carbons (Fsp3) is 0.467. The van der Waals surface area contributed by atoms with Crippen LogP contribution in [0.1, 0.15) is 18.4 Å². The molecule has 1 aliphatic rings. The van der Waals surface area contributed by atoms with Crippen molar-refractivity contribution in [3.63, 3.8) is 0 Å². The third-order valence-electron chi connectivity index (χ3n) is 3.07. The first-order valence-electron chi connectivity index (χ1n) is 6.47. The highest BCUT2D eigenvalue weighted by Crippen LogP contribution is 2.06. The first kappa shape index (κ1) is 12.3. The van der Waals surface area contributed by atoms with Crippen molar-refractivity contribution >= 4 is 6.08 Å². The van der Waals surface area contributed by atoms with Crippen molar-refractivity contribution in [3.8, 4) is 0 Å². The molecule has 0 radical (unpaired) electrons. The summed E-state index contributed by atoms with van der Waals surface area (Å²) in [4.78, 5) is 2.47. The van der Waals surface area contributed by atoms with E-state index in [2.05, 4.69) is 29.2 Å². The summed E-state index contributed by atoms with van der Waals surface area (Å²) >= 11 is 0. The third kappa shape index (κ3) is 4.72. The van der Waals surface area contributed by atoms with Crippen LogP contribution in [-0.2, 0) is 4.74 Å². The molecular formula is C15H21NO. The van der Waals surface area contributed by atoms with Crippen LogP contribution in [0.3, 0.4) is 0 Å². The highest BCUT2D eigenvalue weighted by molar-refractivity contribution is 5.48. The minimum Gasteiger partial charge on any atom is -0.376 e. The standard InChI is InChI=1S/C15H21NO/c1-2-7-15(8-3-1)9-6-13-17-14-12-16-10-4-5-11-16/h1-3,6-9H,4-5,10-14H2/b9-6+. The van der Waals surface area contributed by atoms with Crippen molar-refractivity contribution in [2.45, 2.75) is 12.8 Å². The van der Waals surface area contributed by atoms with E-state index in [0.29, 0.717) is 6.61 Å². The number of nitrogens with zero attached hydrogens (tertiary/aromatic N) is 1. The van der Waals surface area contributed by atoms with E-state index >= 15 is 0 Å². The zero-order chi connectivity index (χ0) is 11.8. The van der Waals surface area contributed by atoms with E-state index in [-0.39, 0.29) is 0 Å². The maximum absolute atomic E-state index is 5.59. The third-order valence-corrected chi connectivity index (χ3v) is 3.07. The summed E-state index contributed by atoms with van der Waals surface area (Å²) in [6.45, 7) is 5.15. The smallest absolute Gasteiger partial charge is 0.0651 e. The Morgan fingerprint density at radius 2 is 1.88 bits per heavy atom. The van der Waals surface area contributed by atoms with Crippen LogP contribution in [0.4, 0.5) is 0 Å². The molecule has 2 heteroatoms. The monoisotopic (exact) mass is 231 g/mol. The van der Waals surface area contributed by atoms with E-state index in [0.717, 1.165) is 13.2 Å². The predicted octanol–water partition coefficient (Wildman–Crippen LogP) is 2.81. The van der Waals surface area contributed by atoms with Crippen molar-refractivity contribution in [1.29, 1.82) is 0 Å². The molecule has 1 saturated heterocycles. The summed E-state index contributed by atoms with van der Waals surface area (Å²) in [6, 6.07) is 10.3. The predicted molar refractivity (Wildman–Crippen MR) is 72.0 cm³/mol. The molecule has 1 heterocycles.